The largest absolute Gasteiger partial charge is 0.378 e. The van der Waals surface area contributed by atoms with E-state index in [4.69, 9.17) is 5.73 Å². The molecule has 16 heavy (non-hydrogen) atoms. The molecule has 2 N–H and O–H groups in total. The molecule has 0 aliphatic rings. The molecule has 0 aliphatic heterocycles. The first-order chi connectivity index (χ1) is 7.61. The van der Waals surface area contributed by atoms with Crippen LogP contribution in [0.4, 0.5) is 11.5 Å². The van der Waals surface area contributed by atoms with Gasteiger partial charge in [-0.2, -0.15) is 0 Å². The number of hydrogen-bond donors (Lipinski definition) is 1. The summed E-state index contributed by atoms with van der Waals surface area (Å²) in [6.45, 7) is 1.71. The van der Waals surface area contributed by atoms with E-state index in [0.717, 1.165) is 0 Å². The molecule has 8 heteroatoms. The highest BCUT2D eigenvalue weighted by Gasteiger charge is 2.22. The fourth-order valence-corrected chi connectivity index (χ4v) is 1.34. The van der Waals surface area contributed by atoms with Gasteiger partial charge in [0.15, 0.2) is 0 Å². The van der Waals surface area contributed by atoms with Crippen molar-refractivity contribution < 1.29 is 4.92 Å². The second kappa shape index (κ2) is 3.57. The van der Waals surface area contributed by atoms with Crippen molar-refractivity contribution >= 4 is 11.5 Å². The van der Waals surface area contributed by atoms with Crippen LogP contribution in [-0.4, -0.2) is 24.4 Å². The van der Waals surface area contributed by atoms with Gasteiger partial charge < -0.3 is 5.73 Å². The van der Waals surface area contributed by atoms with Gasteiger partial charge in [0.25, 0.3) is 0 Å². The van der Waals surface area contributed by atoms with E-state index >= 15 is 0 Å². The molecule has 0 radical (unpaired) electrons. The molecule has 0 fully saturated rings. The second-order valence-corrected chi connectivity index (χ2v) is 3.03. The van der Waals surface area contributed by atoms with Crippen LogP contribution in [0.2, 0.25) is 0 Å². The van der Waals surface area contributed by atoms with E-state index in [-0.39, 0.29) is 17.3 Å². The molecule has 0 amide bonds. The minimum Gasteiger partial charge on any atom is -0.378 e. The lowest BCUT2D eigenvalue weighted by atomic mass is 10.4. The number of nitrogens with zero attached hydrogens (tertiary/aromatic N) is 5. The first kappa shape index (κ1) is 10.0. The number of imidazole rings is 1. The van der Waals surface area contributed by atoms with Crippen LogP contribution in [0.5, 0.6) is 0 Å². The Bertz CT molecular complexity index is 549. The number of nitro groups is 1. The van der Waals surface area contributed by atoms with Crippen molar-refractivity contribution in [3.63, 3.8) is 0 Å². The molecule has 82 valence electrons. The number of rotatable bonds is 2. The Morgan fingerprint density at radius 2 is 2.19 bits per heavy atom. The lowest BCUT2D eigenvalue weighted by molar-refractivity contribution is -0.384. The van der Waals surface area contributed by atoms with Gasteiger partial charge in [-0.15, -0.1) is 0 Å². The molecule has 2 aromatic heterocycles. The van der Waals surface area contributed by atoms with Crippen molar-refractivity contribution in [1.29, 1.82) is 0 Å². The number of aromatic nitrogens is 4. The van der Waals surface area contributed by atoms with Crippen LogP contribution >= 0.6 is 0 Å². The summed E-state index contributed by atoms with van der Waals surface area (Å²) in [5.41, 5.74) is 5.14. The normalized spacial score (nSPS) is 10.3. The lowest BCUT2D eigenvalue weighted by Gasteiger charge is -2.05. The van der Waals surface area contributed by atoms with Crippen molar-refractivity contribution in [3.05, 3.63) is 34.7 Å². The highest BCUT2D eigenvalue weighted by Crippen LogP contribution is 2.25. The van der Waals surface area contributed by atoms with Gasteiger partial charge in [0.2, 0.25) is 11.6 Å². The summed E-state index contributed by atoms with van der Waals surface area (Å²) in [5, 5.41) is 10.9. The van der Waals surface area contributed by atoms with E-state index in [1.807, 2.05) is 0 Å². The summed E-state index contributed by atoms with van der Waals surface area (Å²) in [6, 6.07) is 0. The molecule has 0 unspecified atom stereocenters. The molecule has 2 heterocycles. The van der Waals surface area contributed by atoms with Gasteiger partial charge >= 0.3 is 5.69 Å². The third-order valence-corrected chi connectivity index (χ3v) is 2.07. The molecule has 2 aromatic rings. The van der Waals surface area contributed by atoms with Gasteiger partial charge in [-0.25, -0.2) is 15.0 Å². The molecule has 0 bridgehead atoms. The van der Waals surface area contributed by atoms with Gasteiger partial charge in [0, 0.05) is 12.4 Å². The summed E-state index contributed by atoms with van der Waals surface area (Å²) < 4.78 is 1.48. The number of anilines is 1. The van der Waals surface area contributed by atoms with Gasteiger partial charge in [0.05, 0.1) is 4.92 Å². The molecule has 8 nitrogen and oxygen atoms in total. The highest BCUT2D eigenvalue weighted by molar-refractivity contribution is 5.61. The van der Waals surface area contributed by atoms with Crippen molar-refractivity contribution in [2.24, 2.45) is 0 Å². The smallest absolute Gasteiger partial charge is 0.353 e. The van der Waals surface area contributed by atoms with Gasteiger partial charge in [-0.05, 0) is 6.92 Å². The highest BCUT2D eigenvalue weighted by atomic mass is 16.6. The number of aryl methyl sites for hydroxylation is 1. The fraction of sp³-hybridized carbons (Fsp3) is 0.125. The van der Waals surface area contributed by atoms with Crippen molar-refractivity contribution in [1.82, 2.24) is 19.5 Å². The third-order valence-electron chi connectivity index (χ3n) is 2.07. The standard InChI is InChI=1S/C8H8N6O2/c1-5-10-2-3-13(5)8-6(14(15)16)7(9)11-4-12-8/h2-4H,1H3,(H2,9,11,12). The number of hydrogen-bond acceptors (Lipinski definition) is 6. The average Bonchev–Trinajstić information content (AvgIpc) is 2.63. The first-order valence-electron chi connectivity index (χ1n) is 4.36. The monoisotopic (exact) mass is 220 g/mol. The minimum atomic E-state index is -0.607. The van der Waals surface area contributed by atoms with Crippen LogP contribution in [0.3, 0.4) is 0 Å². The predicted octanol–water partition coefficient (Wildman–Crippen LogP) is 0.461. The number of nitrogen functional groups attached to an aromatic ring is 1. The summed E-state index contributed by atoms with van der Waals surface area (Å²) in [7, 11) is 0. The number of nitrogens with two attached hydrogens (primary N) is 1. The van der Waals surface area contributed by atoms with Crippen LogP contribution in [0.1, 0.15) is 5.82 Å². The molecule has 0 saturated heterocycles. The van der Waals surface area contributed by atoms with Crippen LogP contribution < -0.4 is 5.73 Å². The minimum absolute atomic E-state index is 0.118. The SMILES string of the molecule is Cc1nccn1-c1ncnc(N)c1[N+](=O)[O-]. The predicted molar refractivity (Wildman–Crippen MR) is 55.0 cm³/mol. The lowest BCUT2D eigenvalue weighted by Crippen LogP contribution is -2.07. The molecular formula is C8H8N6O2. The molecule has 0 saturated carbocycles. The van der Waals surface area contributed by atoms with Crippen molar-refractivity contribution in [2.45, 2.75) is 6.92 Å². The quantitative estimate of drug-likeness (QED) is 0.581. The Morgan fingerprint density at radius 3 is 2.75 bits per heavy atom. The van der Waals surface area contributed by atoms with Crippen LogP contribution in [0.25, 0.3) is 5.82 Å². The Balaban J connectivity index is 2.70. The first-order valence-corrected chi connectivity index (χ1v) is 4.36. The van der Waals surface area contributed by atoms with Crippen molar-refractivity contribution in [2.75, 3.05) is 5.73 Å². The Hall–Kier alpha value is -2.51. The maximum atomic E-state index is 10.9. The van der Waals surface area contributed by atoms with Gasteiger partial charge in [-0.3, -0.25) is 14.7 Å². The van der Waals surface area contributed by atoms with Gasteiger partial charge in [0.1, 0.15) is 12.2 Å². The molecule has 0 atom stereocenters. The van der Waals surface area contributed by atoms with E-state index < -0.39 is 4.92 Å². The third kappa shape index (κ3) is 1.45. The summed E-state index contributed by atoms with van der Waals surface area (Å²) in [6.07, 6.45) is 4.28. The topological polar surface area (TPSA) is 113 Å². The zero-order chi connectivity index (χ0) is 11.7. The van der Waals surface area contributed by atoms with E-state index in [2.05, 4.69) is 15.0 Å². The van der Waals surface area contributed by atoms with E-state index in [1.165, 1.54) is 17.1 Å². The summed E-state index contributed by atoms with van der Waals surface area (Å²) >= 11 is 0. The fourth-order valence-electron chi connectivity index (χ4n) is 1.34. The molecule has 0 aromatic carbocycles. The molecule has 0 aliphatic carbocycles. The second-order valence-electron chi connectivity index (χ2n) is 3.03. The molecular weight excluding hydrogens is 212 g/mol. The summed E-state index contributed by atoms with van der Waals surface area (Å²) in [5.74, 6) is 0.539. The zero-order valence-corrected chi connectivity index (χ0v) is 8.36. The van der Waals surface area contributed by atoms with Crippen LogP contribution in [0.15, 0.2) is 18.7 Å². The maximum absolute atomic E-state index is 10.9. The van der Waals surface area contributed by atoms with Crippen LogP contribution in [0, 0.1) is 17.0 Å². The Labute approximate surface area is 89.9 Å². The van der Waals surface area contributed by atoms with Gasteiger partial charge in [-0.1, -0.05) is 0 Å². The summed E-state index contributed by atoms with van der Waals surface area (Å²) in [4.78, 5) is 21.7. The van der Waals surface area contributed by atoms with Crippen molar-refractivity contribution in [3.8, 4) is 5.82 Å². The molecule has 0 spiro atoms. The zero-order valence-electron chi connectivity index (χ0n) is 8.36. The van der Waals surface area contributed by atoms with Crippen LogP contribution in [-0.2, 0) is 0 Å². The molecule has 2 rings (SSSR count). The maximum Gasteiger partial charge on any atom is 0.353 e. The van der Waals surface area contributed by atoms with E-state index in [1.54, 1.807) is 13.1 Å². The Morgan fingerprint density at radius 1 is 1.44 bits per heavy atom. The van der Waals surface area contributed by atoms with E-state index in [9.17, 15) is 10.1 Å². The Kier molecular flexibility index (Phi) is 2.24. The van der Waals surface area contributed by atoms with E-state index in [0.29, 0.717) is 5.82 Å². The average molecular weight is 220 g/mol.